The van der Waals surface area contributed by atoms with Crippen molar-refractivity contribution >= 4 is 22.5 Å². The van der Waals surface area contributed by atoms with E-state index in [4.69, 9.17) is 22.1 Å². The summed E-state index contributed by atoms with van der Waals surface area (Å²) in [7, 11) is 1.58. The molecule has 4 nitrogen and oxygen atoms in total. The van der Waals surface area contributed by atoms with Gasteiger partial charge in [-0.2, -0.15) is 0 Å². The number of aromatic nitrogens is 1. The van der Waals surface area contributed by atoms with E-state index in [1.54, 1.807) is 25.4 Å². The quantitative estimate of drug-likeness (QED) is 0.766. The summed E-state index contributed by atoms with van der Waals surface area (Å²) in [5.74, 6) is 0.670. The molecule has 0 bridgehead atoms. The van der Waals surface area contributed by atoms with E-state index in [1.165, 1.54) is 0 Å². The summed E-state index contributed by atoms with van der Waals surface area (Å²) < 4.78 is 5.25. The highest BCUT2D eigenvalue weighted by molar-refractivity contribution is 6.35. The summed E-state index contributed by atoms with van der Waals surface area (Å²) in [6.07, 6.45) is 0.984. The number of H-pyrrole nitrogens is 1. The first kappa shape index (κ1) is 11.3. The molecule has 4 N–H and O–H groups in total. The maximum atomic E-state index is 9.78. The largest absolute Gasteiger partial charge is 0.496 e. The Kier molecular flexibility index (Phi) is 3.05. The van der Waals surface area contributed by atoms with Crippen LogP contribution >= 0.6 is 11.6 Å². The van der Waals surface area contributed by atoms with Crippen LogP contribution in [-0.4, -0.2) is 23.7 Å². The van der Waals surface area contributed by atoms with Gasteiger partial charge in [-0.15, -0.1) is 0 Å². The Morgan fingerprint density at radius 1 is 1.56 bits per heavy atom. The van der Waals surface area contributed by atoms with Gasteiger partial charge in [-0.25, -0.2) is 0 Å². The van der Waals surface area contributed by atoms with E-state index in [9.17, 15) is 5.11 Å². The van der Waals surface area contributed by atoms with Gasteiger partial charge in [-0.3, -0.25) is 0 Å². The Balaban J connectivity index is 2.72. The number of fused-ring (bicyclic) bond motifs is 1. The van der Waals surface area contributed by atoms with Crippen LogP contribution in [0.1, 0.15) is 11.7 Å². The van der Waals surface area contributed by atoms with Gasteiger partial charge in [-0.05, 0) is 12.1 Å². The lowest BCUT2D eigenvalue weighted by Crippen LogP contribution is -2.11. The van der Waals surface area contributed by atoms with Crippen LogP contribution in [0.2, 0.25) is 5.02 Å². The van der Waals surface area contributed by atoms with Crippen LogP contribution in [0.15, 0.2) is 18.3 Å². The molecule has 0 saturated heterocycles. The van der Waals surface area contributed by atoms with Crippen molar-refractivity contribution in [3.8, 4) is 5.75 Å². The molecule has 0 radical (unpaired) electrons. The summed E-state index contributed by atoms with van der Waals surface area (Å²) in [5.41, 5.74) is 6.90. The molecule has 0 aliphatic carbocycles. The van der Waals surface area contributed by atoms with Gasteiger partial charge in [0.25, 0.3) is 0 Å². The first-order valence-electron chi connectivity index (χ1n) is 4.90. The number of halogens is 1. The molecule has 1 aromatic heterocycles. The van der Waals surface area contributed by atoms with E-state index in [2.05, 4.69) is 4.98 Å². The number of methoxy groups -OCH3 is 1. The third kappa shape index (κ3) is 1.65. The monoisotopic (exact) mass is 240 g/mol. The van der Waals surface area contributed by atoms with Crippen LogP contribution in [0, 0.1) is 0 Å². The van der Waals surface area contributed by atoms with Crippen molar-refractivity contribution in [2.45, 2.75) is 6.10 Å². The van der Waals surface area contributed by atoms with Crippen molar-refractivity contribution in [3.63, 3.8) is 0 Å². The predicted molar refractivity (Wildman–Crippen MR) is 63.9 cm³/mol. The minimum Gasteiger partial charge on any atom is -0.496 e. The summed E-state index contributed by atoms with van der Waals surface area (Å²) in [4.78, 5) is 3.02. The molecule has 1 heterocycles. The summed E-state index contributed by atoms with van der Waals surface area (Å²) >= 11 is 6.05. The summed E-state index contributed by atoms with van der Waals surface area (Å²) in [6.45, 7) is 0.155. The number of aromatic amines is 1. The predicted octanol–water partition coefficient (Wildman–Crippen LogP) is 1.82. The Morgan fingerprint density at radius 2 is 2.31 bits per heavy atom. The van der Waals surface area contributed by atoms with Gasteiger partial charge in [0.1, 0.15) is 5.75 Å². The third-order valence-electron chi connectivity index (χ3n) is 2.58. The van der Waals surface area contributed by atoms with Crippen LogP contribution in [0.4, 0.5) is 0 Å². The van der Waals surface area contributed by atoms with Crippen LogP contribution in [0.3, 0.4) is 0 Å². The highest BCUT2D eigenvalue weighted by atomic mass is 35.5. The van der Waals surface area contributed by atoms with Gasteiger partial charge in [0.2, 0.25) is 0 Å². The van der Waals surface area contributed by atoms with Crippen molar-refractivity contribution in [2.24, 2.45) is 5.73 Å². The number of ether oxygens (including phenoxy) is 1. The smallest absolute Gasteiger partial charge is 0.128 e. The molecule has 86 valence electrons. The number of hydrogen-bond donors (Lipinski definition) is 3. The molecule has 0 fully saturated rings. The van der Waals surface area contributed by atoms with E-state index in [0.29, 0.717) is 16.3 Å². The van der Waals surface area contributed by atoms with E-state index >= 15 is 0 Å². The zero-order valence-electron chi connectivity index (χ0n) is 8.83. The number of nitrogens with two attached hydrogens (primary N) is 1. The van der Waals surface area contributed by atoms with Crippen LogP contribution in [0.25, 0.3) is 10.9 Å². The molecule has 5 heteroatoms. The molecule has 0 spiro atoms. The lowest BCUT2D eigenvalue weighted by molar-refractivity contribution is 0.188. The van der Waals surface area contributed by atoms with Gasteiger partial charge in [-0.1, -0.05) is 11.6 Å². The highest BCUT2D eigenvalue weighted by Crippen LogP contribution is 2.35. The van der Waals surface area contributed by atoms with Crippen molar-refractivity contribution in [1.29, 1.82) is 0 Å². The summed E-state index contributed by atoms with van der Waals surface area (Å²) in [6, 6.07) is 3.52. The Bertz CT molecular complexity index is 510. The lowest BCUT2D eigenvalue weighted by atomic mass is 10.1. The molecule has 1 unspecified atom stereocenters. The molecule has 0 amide bonds. The first-order chi connectivity index (χ1) is 7.69. The molecule has 2 aromatic rings. The molecule has 1 atom stereocenters. The zero-order chi connectivity index (χ0) is 11.7. The SMILES string of the molecule is COc1ccc(Cl)c2[nH]cc(C(O)CN)c12. The van der Waals surface area contributed by atoms with Crippen LogP contribution < -0.4 is 10.5 Å². The standard InChI is InChI=1S/C11H13ClN2O2/c1-16-9-3-2-7(12)11-10(9)6(5-14-11)8(15)4-13/h2-3,5,8,14-15H,4,13H2,1H3. The van der Waals surface area contributed by atoms with Gasteiger partial charge in [0.15, 0.2) is 0 Å². The van der Waals surface area contributed by atoms with Gasteiger partial charge in [0, 0.05) is 23.7 Å². The minimum absolute atomic E-state index is 0.155. The topological polar surface area (TPSA) is 71.3 Å². The van der Waals surface area contributed by atoms with E-state index in [0.717, 1.165) is 10.9 Å². The van der Waals surface area contributed by atoms with Gasteiger partial charge < -0.3 is 20.6 Å². The molecule has 16 heavy (non-hydrogen) atoms. The van der Waals surface area contributed by atoms with Crippen molar-refractivity contribution < 1.29 is 9.84 Å². The van der Waals surface area contributed by atoms with Crippen molar-refractivity contribution in [2.75, 3.05) is 13.7 Å². The Labute approximate surface area is 98.0 Å². The molecular weight excluding hydrogens is 228 g/mol. The maximum absolute atomic E-state index is 9.78. The fourth-order valence-electron chi connectivity index (χ4n) is 1.77. The number of aliphatic hydroxyl groups is 1. The molecule has 2 rings (SSSR count). The average Bonchev–Trinajstić information content (AvgIpc) is 2.74. The van der Waals surface area contributed by atoms with Gasteiger partial charge in [0.05, 0.1) is 23.8 Å². The van der Waals surface area contributed by atoms with Crippen molar-refractivity contribution in [1.82, 2.24) is 4.98 Å². The average molecular weight is 241 g/mol. The second-order valence-electron chi connectivity index (χ2n) is 3.50. The second kappa shape index (κ2) is 4.33. The Hall–Kier alpha value is -1.23. The maximum Gasteiger partial charge on any atom is 0.128 e. The number of benzene rings is 1. The summed E-state index contributed by atoms with van der Waals surface area (Å²) in [5, 5.41) is 11.2. The van der Waals surface area contributed by atoms with E-state index < -0.39 is 6.10 Å². The fraction of sp³-hybridized carbons (Fsp3) is 0.273. The van der Waals surface area contributed by atoms with E-state index in [1.807, 2.05) is 0 Å². The zero-order valence-corrected chi connectivity index (χ0v) is 9.58. The lowest BCUT2D eigenvalue weighted by Gasteiger charge is -2.09. The third-order valence-corrected chi connectivity index (χ3v) is 2.89. The molecular formula is C11H13ClN2O2. The second-order valence-corrected chi connectivity index (χ2v) is 3.90. The molecule has 1 aromatic carbocycles. The number of nitrogens with one attached hydrogen (secondary N) is 1. The number of rotatable bonds is 3. The molecule has 0 aliphatic heterocycles. The number of hydrogen-bond acceptors (Lipinski definition) is 3. The van der Waals surface area contributed by atoms with Crippen LogP contribution in [-0.2, 0) is 0 Å². The van der Waals surface area contributed by atoms with Crippen molar-refractivity contribution in [3.05, 3.63) is 28.9 Å². The normalized spacial score (nSPS) is 13.0. The first-order valence-corrected chi connectivity index (χ1v) is 5.28. The fourth-order valence-corrected chi connectivity index (χ4v) is 1.98. The molecule has 0 aliphatic rings. The van der Waals surface area contributed by atoms with Crippen LogP contribution in [0.5, 0.6) is 5.75 Å². The number of aliphatic hydroxyl groups excluding tert-OH is 1. The minimum atomic E-state index is -0.721. The van der Waals surface area contributed by atoms with E-state index in [-0.39, 0.29) is 6.54 Å². The Morgan fingerprint density at radius 3 is 2.94 bits per heavy atom. The highest BCUT2D eigenvalue weighted by Gasteiger charge is 2.16. The van der Waals surface area contributed by atoms with Gasteiger partial charge >= 0.3 is 0 Å². The molecule has 0 saturated carbocycles.